The first kappa shape index (κ1) is 15.0. The molecule has 0 fully saturated rings. The third-order valence-corrected chi connectivity index (χ3v) is 2.97. The molecule has 0 radical (unpaired) electrons. The smallest absolute Gasteiger partial charge is 0.119 e. The quantitative estimate of drug-likeness (QED) is 0.732. The molecule has 3 nitrogen and oxygen atoms in total. The standard InChI is InChI=1S/C15H25NO2/c1-12-8-13(2)10-14(9-12)18-7-5-4-6-15(3,16)11-17/h8-10,17H,4-7,11,16H2,1-3H3. The van der Waals surface area contributed by atoms with Gasteiger partial charge in [0.1, 0.15) is 5.75 Å². The highest BCUT2D eigenvalue weighted by Crippen LogP contribution is 2.17. The molecule has 0 aliphatic carbocycles. The van der Waals surface area contributed by atoms with Crippen molar-refractivity contribution in [3.05, 3.63) is 29.3 Å². The normalized spacial score (nSPS) is 14.3. The Balaban J connectivity index is 2.26. The van der Waals surface area contributed by atoms with Gasteiger partial charge in [0.25, 0.3) is 0 Å². The van der Waals surface area contributed by atoms with Crippen LogP contribution < -0.4 is 10.5 Å². The number of rotatable bonds is 7. The van der Waals surface area contributed by atoms with Gasteiger partial charge in [-0.2, -0.15) is 0 Å². The molecular weight excluding hydrogens is 226 g/mol. The van der Waals surface area contributed by atoms with Crippen LogP contribution in [0.5, 0.6) is 5.75 Å². The lowest BCUT2D eigenvalue weighted by molar-refractivity contribution is 0.194. The second kappa shape index (κ2) is 6.76. The summed E-state index contributed by atoms with van der Waals surface area (Å²) in [6.45, 7) is 6.75. The predicted molar refractivity (Wildman–Crippen MR) is 74.9 cm³/mol. The number of ether oxygens (including phenoxy) is 1. The van der Waals surface area contributed by atoms with Crippen molar-refractivity contribution in [2.45, 2.75) is 45.6 Å². The van der Waals surface area contributed by atoms with Gasteiger partial charge in [0, 0.05) is 5.54 Å². The highest BCUT2D eigenvalue weighted by atomic mass is 16.5. The topological polar surface area (TPSA) is 55.5 Å². The van der Waals surface area contributed by atoms with Crippen molar-refractivity contribution in [1.29, 1.82) is 0 Å². The van der Waals surface area contributed by atoms with Crippen molar-refractivity contribution in [3.63, 3.8) is 0 Å². The fraction of sp³-hybridized carbons (Fsp3) is 0.600. The molecule has 0 spiro atoms. The van der Waals surface area contributed by atoms with E-state index < -0.39 is 5.54 Å². The maximum Gasteiger partial charge on any atom is 0.119 e. The Morgan fingerprint density at radius 3 is 2.33 bits per heavy atom. The summed E-state index contributed by atoms with van der Waals surface area (Å²) in [4.78, 5) is 0. The van der Waals surface area contributed by atoms with Gasteiger partial charge in [0.2, 0.25) is 0 Å². The molecule has 18 heavy (non-hydrogen) atoms. The van der Waals surface area contributed by atoms with Gasteiger partial charge in [0.05, 0.1) is 13.2 Å². The molecule has 1 atom stereocenters. The summed E-state index contributed by atoms with van der Waals surface area (Å²) in [5, 5.41) is 9.03. The van der Waals surface area contributed by atoms with Gasteiger partial charge in [-0.3, -0.25) is 0 Å². The Bertz CT molecular complexity index is 355. The third-order valence-electron chi connectivity index (χ3n) is 2.97. The van der Waals surface area contributed by atoms with Crippen molar-refractivity contribution in [2.24, 2.45) is 5.73 Å². The first-order valence-corrected chi connectivity index (χ1v) is 6.54. The number of unbranched alkanes of at least 4 members (excludes halogenated alkanes) is 1. The number of hydrogen-bond donors (Lipinski definition) is 2. The molecule has 0 saturated heterocycles. The SMILES string of the molecule is Cc1cc(C)cc(OCCCCC(C)(N)CO)c1. The molecule has 0 bridgehead atoms. The lowest BCUT2D eigenvalue weighted by Gasteiger charge is -2.21. The van der Waals surface area contributed by atoms with Crippen LogP contribution in [-0.4, -0.2) is 23.9 Å². The minimum Gasteiger partial charge on any atom is -0.494 e. The van der Waals surface area contributed by atoms with Crippen LogP contribution in [0.15, 0.2) is 18.2 Å². The predicted octanol–water partition coefficient (Wildman–Crippen LogP) is 2.56. The first-order chi connectivity index (χ1) is 8.43. The zero-order valence-corrected chi connectivity index (χ0v) is 11.7. The Morgan fingerprint density at radius 1 is 1.17 bits per heavy atom. The molecular formula is C15H25NO2. The Labute approximate surface area is 110 Å². The summed E-state index contributed by atoms with van der Waals surface area (Å²) in [6.07, 6.45) is 2.75. The van der Waals surface area contributed by atoms with Gasteiger partial charge in [-0.25, -0.2) is 0 Å². The Kier molecular flexibility index (Phi) is 5.63. The number of hydrogen-bond acceptors (Lipinski definition) is 3. The van der Waals surface area contributed by atoms with Crippen molar-refractivity contribution in [3.8, 4) is 5.75 Å². The first-order valence-electron chi connectivity index (χ1n) is 6.54. The molecule has 0 aromatic heterocycles. The number of nitrogens with two attached hydrogens (primary N) is 1. The number of aryl methyl sites for hydroxylation is 2. The third kappa shape index (κ3) is 5.52. The molecule has 0 saturated carbocycles. The highest BCUT2D eigenvalue weighted by molar-refractivity contribution is 5.32. The fourth-order valence-electron chi connectivity index (χ4n) is 1.92. The molecule has 0 aliphatic rings. The average Bonchev–Trinajstić information content (AvgIpc) is 2.27. The fourth-order valence-corrected chi connectivity index (χ4v) is 1.92. The molecule has 3 N–H and O–H groups in total. The molecule has 0 aliphatic heterocycles. The molecule has 1 aromatic rings. The molecule has 1 unspecified atom stereocenters. The molecule has 0 heterocycles. The van der Waals surface area contributed by atoms with Crippen molar-refractivity contribution >= 4 is 0 Å². The minimum atomic E-state index is -0.458. The van der Waals surface area contributed by atoms with E-state index in [1.54, 1.807) is 0 Å². The molecule has 3 heteroatoms. The summed E-state index contributed by atoms with van der Waals surface area (Å²) in [7, 11) is 0. The van der Waals surface area contributed by atoms with Crippen molar-refractivity contribution in [2.75, 3.05) is 13.2 Å². The number of aliphatic hydroxyl groups is 1. The van der Waals surface area contributed by atoms with E-state index in [4.69, 9.17) is 15.6 Å². The molecule has 102 valence electrons. The maximum absolute atomic E-state index is 9.03. The van der Waals surface area contributed by atoms with E-state index in [-0.39, 0.29) is 6.61 Å². The van der Waals surface area contributed by atoms with Crippen LogP contribution >= 0.6 is 0 Å². The average molecular weight is 251 g/mol. The Hall–Kier alpha value is -1.06. The van der Waals surface area contributed by atoms with E-state index in [0.717, 1.165) is 25.0 Å². The summed E-state index contributed by atoms with van der Waals surface area (Å²) in [6, 6.07) is 6.23. The van der Waals surface area contributed by atoms with E-state index in [2.05, 4.69) is 19.9 Å². The van der Waals surface area contributed by atoms with Crippen LogP contribution in [0.3, 0.4) is 0 Å². The van der Waals surface area contributed by atoms with Crippen LogP contribution in [0.4, 0.5) is 0 Å². The molecule has 0 amide bonds. The zero-order chi connectivity index (χ0) is 13.6. The molecule has 1 rings (SSSR count). The van der Waals surface area contributed by atoms with Crippen molar-refractivity contribution in [1.82, 2.24) is 0 Å². The maximum atomic E-state index is 9.03. The number of benzene rings is 1. The lowest BCUT2D eigenvalue weighted by atomic mass is 9.97. The van der Waals surface area contributed by atoms with Crippen LogP contribution in [0.2, 0.25) is 0 Å². The van der Waals surface area contributed by atoms with Crippen LogP contribution in [-0.2, 0) is 0 Å². The van der Waals surface area contributed by atoms with Gasteiger partial charge in [0.15, 0.2) is 0 Å². The number of aliphatic hydroxyl groups excluding tert-OH is 1. The van der Waals surface area contributed by atoms with Gasteiger partial charge in [-0.05, 0) is 63.3 Å². The molecule has 1 aromatic carbocycles. The zero-order valence-electron chi connectivity index (χ0n) is 11.7. The second-order valence-corrected chi connectivity index (χ2v) is 5.44. The van der Waals surface area contributed by atoms with Gasteiger partial charge in [-0.1, -0.05) is 6.07 Å². The minimum absolute atomic E-state index is 0.0327. The Morgan fingerprint density at radius 2 is 1.78 bits per heavy atom. The summed E-state index contributed by atoms with van der Waals surface area (Å²) < 4.78 is 5.71. The summed E-state index contributed by atoms with van der Waals surface area (Å²) in [5.41, 5.74) is 7.84. The van der Waals surface area contributed by atoms with E-state index in [1.807, 2.05) is 19.1 Å². The van der Waals surface area contributed by atoms with Crippen LogP contribution in [0, 0.1) is 13.8 Å². The summed E-state index contributed by atoms with van der Waals surface area (Å²) in [5.74, 6) is 0.935. The van der Waals surface area contributed by atoms with Crippen molar-refractivity contribution < 1.29 is 9.84 Å². The van der Waals surface area contributed by atoms with Gasteiger partial charge in [-0.15, -0.1) is 0 Å². The van der Waals surface area contributed by atoms with E-state index >= 15 is 0 Å². The van der Waals surface area contributed by atoms with E-state index in [1.165, 1.54) is 11.1 Å². The summed E-state index contributed by atoms with van der Waals surface area (Å²) >= 11 is 0. The van der Waals surface area contributed by atoms with Crippen LogP contribution in [0.25, 0.3) is 0 Å². The van der Waals surface area contributed by atoms with Gasteiger partial charge < -0.3 is 15.6 Å². The largest absolute Gasteiger partial charge is 0.494 e. The van der Waals surface area contributed by atoms with Crippen LogP contribution in [0.1, 0.15) is 37.3 Å². The van der Waals surface area contributed by atoms with Gasteiger partial charge >= 0.3 is 0 Å². The highest BCUT2D eigenvalue weighted by Gasteiger charge is 2.15. The van der Waals surface area contributed by atoms with E-state index in [0.29, 0.717) is 6.61 Å². The lowest BCUT2D eigenvalue weighted by Crippen LogP contribution is -2.39. The van der Waals surface area contributed by atoms with E-state index in [9.17, 15) is 0 Å². The monoisotopic (exact) mass is 251 g/mol. The second-order valence-electron chi connectivity index (χ2n) is 5.44.